The quantitative estimate of drug-likeness (QED) is 0.776. The fourth-order valence-electron chi connectivity index (χ4n) is 3.80. The van der Waals surface area contributed by atoms with E-state index in [9.17, 15) is 9.59 Å². The Hall–Kier alpha value is -2.62. The highest BCUT2D eigenvalue weighted by Gasteiger charge is 2.60. The van der Waals surface area contributed by atoms with Crippen molar-refractivity contribution in [1.82, 2.24) is 10.2 Å². The van der Waals surface area contributed by atoms with Crippen LogP contribution in [0.4, 0.5) is 4.79 Å². The maximum absolute atomic E-state index is 12.8. The van der Waals surface area contributed by atoms with Crippen molar-refractivity contribution < 1.29 is 9.59 Å². The summed E-state index contributed by atoms with van der Waals surface area (Å²) in [5.41, 5.74) is 1.91. The third-order valence-corrected chi connectivity index (χ3v) is 5.53. The molecule has 1 spiro atoms. The Labute approximate surface area is 154 Å². The van der Waals surface area contributed by atoms with Gasteiger partial charge in [-0.3, -0.25) is 9.69 Å². The molecule has 4 rings (SSSR count). The van der Waals surface area contributed by atoms with E-state index in [0.717, 1.165) is 38.5 Å². The zero-order valence-electron chi connectivity index (χ0n) is 14.9. The molecule has 1 saturated carbocycles. The van der Waals surface area contributed by atoms with E-state index < -0.39 is 5.54 Å². The normalized spacial score (nSPS) is 17.8. The van der Waals surface area contributed by atoms with Gasteiger partial charge in [-0.15, -0.1) is 0 Å². The summed E-state index contributed by atoms with van der Waals surface area (Å²) >= 11 is 0. The van der Waals surface area contributed by atoms with E-state index in [0.29, 0.717) is 0 Å². The maximum atomic E-state index is 12.8. The monoisotopic (exact) mass is 348 g/mol. The molecule has 3 amide bonds. The van der Waals surface area contributed by atoms with Crippen LogP contribution in [0.5, 0.6) is 0 Å². The Morgan fingerprint density at radius 1 is 0.846 bits per heavy atom. The minimum Gasteiger partial charge on any atom is -0.323 e. The van der Waals surface area contributed by atoms with Crippen molar-refractivity contribution in [3.8, 4) is 0 Å². The van der Waals surface area contributed by atoms with E-state index in [2.05, 4.69) is 29.6 Å². The Morgan fingerprint density at radius 3 is 1.77 bits per heavy atom. The van der Waals surface area contributed by atoms with Gasteiger partial charge in [0.1, 0.15) is 5.54 Å². The van der Waals surface area contributed by atoms with Crippen LogP contribution in [0.1, 0.15) is 36.8 Å². The van der Waals surface area contributed by atoms with Gasteiger partial charge in [-0.2, -0.15) is 0 Å². The van der Waals surface area contributed by atoms with Crippen molar-refractivity contribution >= 4 is 11.9 Å². The second kappa shape index (κ2) is 6.94. The highest BCUT2D eigenvalue weighted by molar-refractivity contribution is 6.09. The lowest BCUT2D eigenvalue weighted by Gasteiger charge is -2.26. The molecule has 0 radical (unpaired) electrons. The molecule has 2 aliphatic rings. The number of urea groups is 1. The number of amides is 3. The van der Waals surface area contributed by atoms with E-state index >= 15 is 0 Å². The van der Waals surface area contributed by atoms with Gasteiger partial charge in [0.2, 0.25) is 0 Å². The highest BCUT2D eigenvalue weighted by atomic mass is 16.2. The van der Waals surface area contributed by atoms with Crippen LogP contribution in [0.3, 0.4) is 0 Å². The first-order chi connectivity index (χ1) is 12.7. The number of imide groups is 1. The molecular weight excluding hydrogens is 324 g/mol. The lowest BCUT2D eigenvalue weighted by molar-refractivity contribution is -0.130. The first-order valence-electron chi connectivity index (χ1n) is 9.42. The van der Waals surface area contributed by atoms with Crippen LogP contribution < -0.4 is 5.32 Å². The molecule has 1 heterocycles. The molecular formula is C22H24N2O2. The van der Waals surface area contributed by atoms with E-state index in [1.807, 2.05) is 36.4 Å². The number of rotatable bonds is 7. The Morgan fingerprint density at radius 2 is 1.35 bits per heavy atom. The standard InChI is InChI=1S/C22H24N2O2/c25-20-22(15-16-22)23-21(26)24(20)19(13-11-17-7-3-1-4-8-17)14-12-18-9-5-2-6-10-18/h1-10,19H,11-16H2,(H,23,26). The average molecular weight is 348 g/mol. The van der Waals surface area contributed by atoms with E-state index in [1.54, 1.807) is 0 Å². The minimum atomic E-state index is -0.575. The smallest absolute Gasteiger partial charge is 0.323 e. The predicted molar refractivity (Wildman–Crippen MR) is 101 cm³/mol. The average Bonchev–Trinajstić information content (AvgIpc) is 3.41. The fraction of sp³-hybridized carbons (Fsp3) is 0.364. The molecule has 26 heavy (non-hydrogen) atoms. The van der Waals surface area contributed by atoms with Crippen molar-refractivity contribution in [2.24, 2.45) is 0 Å². The van der Waals surface area contributed by atoms with Crippen molar-refractivity contribution in [2.75, 3.05) is 0 Å². The largest absolute Gasteiger partial charge is 0.325 e. The first kappa shape index (κ1) is 16.8. The summed E-state index contributed by atoms with van der Waals surface area (Å²) in [5, 5.41) is 2.92. The zero-order chi connectivity index (χ0) is 18.0. The Balaban J connectivity index is 1.49. The molecule has 2 fully saturated rings. The number of hydrogen-bond acceptors (Lipinski definition) is 2. The number of carbonyl (C=O) groups excluding carboxylic acids is 2. The molecule has 2 aromatic rings. The molecule has 0 bridgehead atoms. The summed E-state index contributed by atoms with van der Waals surface area (Å²) in [6, 6.07) is 20.2. The third-order valence-electron chi connectivity index (χ3n) is 5.53. The number of aryl methyl sites for hydroxylation is 2. The van der Waals surface area contributed by atoms with Gasteiger partial charge in [0, 0.05) is 6.04 Å². The number of nitrogens with zero attached hydrogens (tertiary/aromatic N) is 1. The van der Waals surface area contributed by atoms with Crippen LogP contribution in [0.2, 0.25) is 0 Å². The van der Waals surface area contributed by atoms with Crippen LogP contribution >= 0.6 is 0 Å². The lowest BCUT2D eigenvalue weighted by Crippen LogP contribution is -2.41. The summed E-state index contributed by atoms with van der Waals surface area (Å²) in [6.45, 7) is 0. The van der Waals surface area contributed by atoms with Gasteiger partial charge in [-0.05, 0) is 49.7 Å². The molecule has 2 aromatic carbocycles. The van der Waals surface area contributed by atoms with Gasteiger partial charge in [0.15, 0.2) is 0 Å². The van der Waals surface area contributed by atoms with E-state index in [1.165, 1.54) is 16.0 Å². The van der Waals surface area contributed by atoms with Crippen LogP contribution in [-0.4, -0.2) is 28.4 Å². The third kappa shape index (κ3) is 3.36. The minimum absolute atomic E-state index is 0.0198. The van der Waals surface area contributed by atoms with E-state index in [-0.39, 0.29) is 18.0 Å². The summed E-state index contributed by atoms with van der Waals surface area (Å²) in [4.78, 5) is 26.8. The van der Waals surface area contributed by atoms with Crippen molar-refractivity contribution in [1.29, 1.82) is 0 Å². The van der Waals surface area contributed by atoms with Gasteiger partial charge in [-0.1, -0.05) is 60.7 Å². The number of hydrogen-bond donors (Lipinski definition) is 1. The van der Waals surface area contributed by atoms with E-state index in [4.69, 9.17) is 0 Å². The molecule has 0 unspecified atom stereocenters. The van der Waals surface area contributed by atoms with Gasteiger partial charge >= 0.3 is 6.03 Å². The molecule has 1 saturated heterocycles. The van der Waals surface area contributed by atoms with Gasteiger partial charge in [-0.25, -0.2) is 4.79 Å². The van der Waals surface area contributed by atoms with Gasteiger partial charge < -0.3 is 5.32 Å². The maximum Gasteiger partial charge on any atom is 0.325 e. The van der Waals surface area contributed by atoms with Crippen LogP contribution in [-0.2, 0) is 17.6 Å². The SMILES string of the molecule is O=C1NC2(CC2)C(=O)N1C(CCc1ccccc1)CCc1ccccc1. The summed E-state index contributed by atoms with van der Waals surface area (Å²) in [6.07, 6.45) is 4.88. The summed E-state index contributed by atoms with van der Waals surface area (Å²) in [5.74, 6) is -0.0198. The number of benzene rings is 2. The Bertz CT molecular complexity index is 741. The molecule has 4 nitrogen and oxygen atoms in total. The first-order valence-corrected chi connectivity index (χ1v) is 9.42. The predicted octanol–water partition coefficient (Wildman–Crippen LogP) is 3.71. The lowest BCUT2D eigenvalue weighted by atomic mass is 9.97. The van der Waals surface area contributed by atoms with Crippen LogP contribution in [0, 0.1) is 0 Å². The molecule has 1 N–H and O–H groups in total. The molecule has 1 aliphatic carbocycles. The Kier molecular flexibility index (Phi) is 4.49. The van der Waals surface area contributed by atoms with Crippen LogP contribution in [0.15, 0.2) is 60.7 Å². The molecule has 134 valence electrons. The molecule has 1 aliphatic heterocycles. The fourth-order valence-corrected chi connectivity index (χ4v) is 3.80. The number of carbonyl (C=O) groups is 2. The van der Waals surface area contributed by atoms with Crippen molar-refractivity contribution in [2.45, 2.75) is 50.1 Å². The summed E-state index contributed by atoms with van der Waals surface area (Å²) in [7, 11) is 0. The zero-order valence-corrected chi connectivity index (χ0v) is 14.9. The van der Waals surface area contributed by atoms with Crippen molar-refractivity contribution in [3.63, 3.8) is 0 Å². The second-order valence-corrected chi connectivity index (χ2v) is 7.39. The van der Waals surface area contributed by atoms with Gasteiger partial charge in [0.05, 0.1) is 0 Å². The van der Waals surface area contributed by atoms with Crippen LogP contribution in [0.25, 0.3) is 0 Å². The number of nitrogens with one attached hydrogen (secondary N) is 1. The second-order valence-electron chi connectivity index (χ2n) is 7.39. The topological polar surface area (TPSA) is 49.4 Å². The van der Waals surface area contributed by atoms with Crippen molar-refractivity contribution in [3.05, 3.63) is 71.8 Å². The highest BCUT2D eigenvalue weighted by Crippen LogP contribution is 2.42. The molecule has 0 aromatic heterocycles. The van der Waals surface area contributed by atoms with Gasteiger partial charge in [0.25, 0.3) is 5.91 Å². The molecule has 0 atom stereocenters. The molecule has 4 heteroatoms. The summed E-state index contributed by atoms with van der Waals surface area (Å²) < 4.78 is 0.